The minimum absolute atomic E-state index is 0.00577. The Balaban J connectivity index is 1.12. The number of hydrogen-bond donors (Lipinski definition) is 7. The van der Waals surface area contributed by atoms with Gasteiger partial charge in [0.2, 0.25) is 17.3 Å². The van der Waals surface area contributed by atoms with Gasteiger partial charge in [-0.15, -0.1) is 0 Å². The van der Waals surface area contributed by atoms with Crippen molar-refractivity contribution >= 4 is 84.5 Å². The average molecular weight is 1440 g/mol. The molecule has 17 unspecified atom stereocenters. The molecule has 1 aromatic rings. The zero-order valence-electron chi connectivity index (χ0n) is 53.6. The highest BCUT2D eigenvalue weighted by atomic mass is 127. The highest BCUT2D eigenvalue weighted by molar-refractivity contribution is 14.1. The molecule has 4 aliphatic heterocycles. The molecule has 4 fully saturated rings. The summed E-state index contributed by atoms with van der Waals surface area (Å²) < 4.78 is 61.2. The maximum absolute atomic E-state index is 14.4. The van der Waals surface area contributed by atoms with Crippen LogP contribution in [0.15, 0.2) is 34.9 Å². The number of carbonyl (C=O) groups is 5. The number of esters is 1. The van der Waals surface area contributed by atoms with Crippen molar-refractivity contribution in [1.29, 1.82) is 0 Å². The molecule has 1 aromatic carbocycles. The second-order valence-electron chi connectivity index (χ2n) is 24.2. The summed E-state index contributed by atoms with van der Waals surface area (Å²) in [5.74, 6) is 10.9. The van der Waals surface area contributed by atoms with Gasteiger partial charge in [-0.05, 0) is 121 Å². The largest absolute Gasteiger partial charge is 0.496 e. The number of ketones is 2. The molecule has 0 saturated carbocycles. The number of hydrogen-bond acceptors (Lipinski definition) is 25. The van der Waals surface area contributed by atoms with Crippen molar-refractivity contribution < 1.29 is 102 Å². The number of benzene rings is 1. The molecular formula is C64H87IN2O21S3. The first-order valence-electron chi connectivity index (χ1n) is 30.4. The molecule has 6 aliphatic rings. The lowest BCUT2D eigenvalue weighted by molar-refractivity contribution is -0.335. The van der Waals surface area contributed by atoms with Gasteiger partial charge in [0.05, 0.1) is 78.5 Å². The van der Waals surface area contributed by atoms with E-state index in [4.69, 9.17) is 52.2 Å². The zero-order valence-corrected chi connectivity index (χ0v) is 58.2. The van der Waals surface area contributed by atoms with Crippen LogP contribution in [-0.2, 0) is 61.9 Å². The second-order valence-corrected chi connectivity index (χ2v) is 29.4. The first-order chi connectivity index (χ1) is 43.1. The topological polar surface area (TPSA) is 312 Å². The Morgan fingerprint density at radius 2 is 1.60 bits per heavy atom. The Bertz CT molecular complexity index is 3020. The summed E-state index contributed by atoms with van der Waals surface area (Å²) in [6.07, 6.45) is -11.4. The number of allylic oxidation sites excluding steroid dienone is 2. The third kappa shape index (κ3) is 18.5. The van der Waals surface area contributed by atoms with Crippen LogP contribution >= 0.6 is 55.9 Å². The fourth-order valence-electron chi connectivity index (χ4n) is 11.7. The number of carbonyl (C=O) groups excluding carboxylic acids is 5. The number of amides is 1. The number of nitrogens with one attached hydrogen (secondary N) is 2. The summed E-state index contributed by atoms with van der Waals surface area (Å²) in [6.45, 7) is 18.5. The van der Waals surface area contributed by atoms with Crippen molar-refractivity contribution in [2.75, 3.05) is 40.2 Å². The summed E-state index contributed by atoms with van der Waals surface area (Å²) in [4.78, 5) is 72.7. The Hall–Kier alpha value is -3.67. The van der Waals surface area contributed by atoms with Crippen LogP contribution in [0.4, 0.5) is 0 Å². The number of methoxy groups -OCH3 is 3. The smallest absolute Gasteiger partial charge is 0.310 e. The predicted molar refractivity (Wildman–Crippen MR) is 347 cm³/mol. The number of fused-ring (bicyclic) bond motifs is 2. The van der Waals surface area contributed by atoms with Crippen molar-refractivity contribution in [3.8, 4) is 35.2 Å². The van der Waals surface area contributed by atoms with Gasteiger partial charge in [0, 0.05) is 72.1 Å². The minimum Gasteiger partial charge on any atom is -0.496 e. The van der Waals surface area contributed by atoms with Crippen LogP contribution in [0.25, 0.3) is 0 Å². The molecule has 4 heterocycles. The molecule has 23 nitrogen and oxygen atoms in total. The molecule has 91 heavy (non-hydrogen) atoms. The minimum atomic E-state index is -2.09. The normalized spacial score (nSPS) is 34.2. The number of aliphatic hydroxyl groups excluding tert-OH is 4. The summed E-state index contributed by atoms with van der Waals surface area (Å²) in [5.41, 5.74) is 2.17. The molecule has 0 aromatic heterocycles. The van der Waals surface area contributed by atoms with E-state index in [1.807, 2.05) is 50.3 Å². The molecule has 0 spiro atoms. The van der Waals surface area contributed by atoms with E-state index in [1.54, 1.807) is 40.7 Å². The number of rotatable bonds is 25. The van der Waals surface area contributed by atoms with Crippen LogP contribution < -0.4 is 20.3 Å². The van der Waals surface area contributed by atoms with E-state index in [0.717, 1.165) is 11.8 Å². The number of halogens is 1. The molecule has 504 valence electrons. The van der Waals surface area contributed by atoms with E-state index in [9.17, 15) is 49.5 Å². The van der Waals surface area contributed by atoms with Gasteiger partial charge in [0.1, 0.15) is 53.9 Å². The predicted octanol–water partition coefficient (Wildman–Crippen LogP) is 5.40. The first kappa shape index (κ1) is 74.7. The summed E-state index contributed by atoms with van der Waals surface area (Å²) >= 11 is 2.92. The van der Waals surface area contributed by atoms with Crippen molar-refractivity contribution in [3.05, 3.63) is 55.2 Å². The summed E-state index contributed by atoms with van der Waals surface area (Å²) in [7, 11) is 6.96. The van der Waals surface area contributed by atoms with Gasteiger partial charge in [0.15, 0.2) is 30.3 Å². The molecule has 1 amide bonds. The SMILES string of the molecule is CCNC(=O)CCC(C)(C)SSC/C=C1/C2=C(CC(=O)OC)C(=O)C[C@@]1(O)C#C/C=C\C#C[C@@H]2OC1OC(C)C(NOC2CC(O)C(SC(=O)c3c(C)c(I)c(OC4OC(C)C(O)C(OC)C4O)c(C)c3OC)C(C)O2)C(O)C1OC1CC(C)C(CC(C)=O)CO1. The van der Waals surface area contributed by atoms with E-state index < -0.39 is 133 Å². The Kier molecular flexibility index (Phi) is 27.4. The molecule has 7 rings (SSSR count). The number of aliphatic hydroxyl groups is 5. The maximum atomic E-state index is 14.4. The van der Waals surface area contributed by atoms with E-state index >= 15 is 0 Å². The lowest BCUT2D eigenvalue weighted by Crippen LogP contribution is -2.64. The molecule has 0 radical (unpaired) electrons. The van der Waals surface area contributed by atoms with Gasteiger partial charge >= 0.3 is 5.97 Å². The summed E-state index contributed by atoms with van der Waals surface area (Å²) in [5, 5.41) is 60.1. The second kappa shape index (κ2) is 33.3. The Morgan fingerprint density at radius 1 is 0.890 bits per heavy atom. The van der Waals surface area contributed by atoms with Gasteiger partial charge in [-0.2, -0.15) is 5.48 Å². The molecule has 19 atom stereocenters. The summed E-state index contributed by atoms with van der Waals surface area (Å²) in [6, 6.07) is -1.10. The van der Waals surface area contributed by atoms with Crippen molar-refractivity contribution in [1.82, 2.24) is 10.8 Å². The van der Waals surface area contributed by atoms with E-state index in [1.165, 1.54) is 62.0 Å². The van der Waals surface area contributed by atoms with Gasteiger partial charge in [0.25, 0.3) is 0 Å². The average Bonchev–Trinajstić information content (AvgIpc) is 1.01. The van der Waals surface area contributed by atoms with E-state index in [0.29, 0.717) is 52.7 Å². The Morgan fingerprint density at radius 3 is 2.26 bits per heavy atom. The van der Waals surface area contributed by atoms with Gasteiger partial charge in [-0.3, -0.25) is 24.0 Å². The maximum Gasteiger partial charge on any atom is 0.310 e. The molecule has 7 N–H and O–H groups in total. The third-order valence-electron chi connectivity index (χ3n) is 16.9. The fraction of sp³-hybridized carbons (Fsp3) is 0.672. The van der Waals surface area contributed by atoms with E-state index in [-0.39, 0.29) is 75.1 Å². The van der Waals surface area contributed by atoms with Crippen molar-refractivity contribution in [2.24, 2.45) is 11.8 Å². The fourth-order valence-corrected chi connectivity index (χ4v) is 16.1. The molecule has 27 heteroatoms. The zero-order chi connectivity index (χ0) is 66.8. The third-order valence-corrected chi connectivity index (χ3v) is 22.8. The Labute approximate surface area is 558 Å². The van der Waals surface area contributed by atoms with Crippen LogP contribution in [0.2, 0.25) is 0 Å². The lowest BCUT2D eigenvalue weighted by atomic mass is 9.72. The van der Waals surface area contributed by atoms with Crippen LogP contribution in [0.3, 0.4) is 0 Å². The monoisotopic (exact) mass is 1440 g/mol. The molecule has 2 bridgehead atoms. The number of thioether (sulfide) groups is 1. The highest BCUT2D eigenvalue weighted by Crippen LogP contribution is 2.46. The lowest BCUT2D eigenvalue weighted by Gasteiger charge is -2.46. The van der Waals surface area contributed by atoms with Crippen molar-refractivity contribution in [3.63, 3.8) is 0 Å². The number of ether oxygens (including phenoxy) is 10. The van der Waals surface area contributed by atoms with Crippen LogP contribution in [-0.4, -0.2) is 202 Å². The molecule has 2 aliphatic carbocycles. The number of Topliss-reactive ketones (excluding diaryl/α,β-unsaturated/α-hetero) is 2. The van der Waals surface area contributed by atoms with Crippen LogP contribution in [0.5, 0.6) is 11.5 Å². The molecular weight excluding hydrogens is 1360 g/mol. The van der Waals surface area contributed by atoms with Crippen LogP contribution in [0, 0.1) is 52.9 Å². The molecule has 4 saturated heterocycles. The standard InChI is InChI=1S/C64H87IN2O21S3/c1-14-66-44(71)20-23-63(9,10)91-89-24-21-40-49-39(27-45(72)78-11)42(70)29-64(40,77)22-18-16-15-17-19-43(49)85-62-58(86-46-25-31(2)38(30-81-46)26-32(3)68)53(74)51(35(6)83-62)67-88-47-28-41(69)59(37(8)82-47)90-60(76)48-33(4)50(65)56(34(5)55(48)79-12)87-61-54(75)57(80-13)52(73)36(7)84-61/h15-16,21,31,35-38,41,43,46-47,51-54,57-59,61-62,67,69,73-75,77H,14,20,23-30H2,1-13H3,(H,66,71)/b16-15-,40-21-/t31?,35?,36?,37?,38?,41?,43-,46?,47?,51?,52?,53?,54?,57?,58?,59?,61?,62?,64-/m0/s1. The van der Waals surface area contributed by atoms with E-state index in [2.05, 4.69) is 34.5 Å². The van der Waals surface area contributed by atoms with Gasteiger partial charge in [-0.25, -0.2) is 0 Å². The van der Waals surface area contributed by atoms with Crippen LogP contribution in [0.1, 0.15) is 122 Å². The van der Waals surface area contributed by atoms with Gasteiger partial charge < -0.3 is 83.0 Å². The first-order valence-corrected chi connectivity index (χ1v) is 34.7. The van der Waals surface area contributed by atoms with Gasteiger partial charge in [-0.1, -0.05) is 70.0 Å². The number of hydroxylamine groups is 1. The van der Waals surface area contributed by atoms with Crippen molar-refractivity contribution in [2.45, 2.75) is 222 Å². The quantitative estimate of drug-likeness (QED) is 0.0161. The highest BCUT2D eigenvalue weighted by Gasteiger charge is 2.52.